The molecular weight excluding hydrogens is 416 g/mol. The van der Waals surface area contributed by atoms with Crippen molar-refractivity contribution in [2.45, 2.75) is 71.6 Å². The molecule has 2 aliphatic carbocycles. The van der Waals surface area contributed by atoms with Crippen molar-refractivity contribution in [2.24, 2.45) is 28.1 Å². The van der Waals surface area contributed by atoms with E-state index >= 15 is 0 Å². The summed E-state index contributed by atoms with van der Waals surface area (Å²) in [5.41, 5.74) is -3.26. The molecule has 0 aromatic heterocycles. The molecule has 0 aliphatic heterocycles. The highest BCUT2D eigenvalue weighted by Crippen LogP contribution is 2.56. The lowest BCUT2D eigenvalue weighted by Gasteiger charge is -2.48. The normalized spacial score (nSPS) is 28.3. The highest BCUT2D eigenvalue weighted by molar-refractivity contribution is 5.99. The van der Waals surface area contributed by atoms with Gasteiger partial charge in [0, 0.05) is 5.41 Å². The van der Waals surface area contributed by atoms with E-state index in [4.69, 9.17) is 10.2 Å². The van der Waals surface area contributed by atoms with Crippen LogP contribution in [0.1, 0.15) is 71.6 Å². The van der Waals surface area contributed by atoms with Crippen LogP contribution in [0.15, 0.2) is 25.3 Å². The van der Waals surface area contributed by atoms with Crippen LogP contribution in [-0.2, 0) is 19.2 Å². The predicted molar refractivity (Wildman–Crippen MR) is 118 cm³/mol. The molecule has 4 N–H and O–H groups in total. The number of hydrogen-bond donors (Lipinski definition) is 4. The smallest absolute Gasteiger partial charge is 0.321 e. The van der Waals surface area contributed by atoms with E-state index in [1.807, 2.05) is 6.92 Å². The fourth-order valence-corrected chi connectivity index (χ4v) is 5.35. The molecule has 0 amide bonds. The molecule has 0 heterocycles. The summed E-state index contributed by atoms with van der Waals surface area (Å²) < 4.78 is 0. The number of carboxylic acid groups (broad SMARTS) is 4. The second kappa shape index (κ2) is 10.8. The maximum Gasteiger partial charge on any atom is 0.321 e. The molecule has 0 radical (unpaired) electrons. The molecule has 32 heavy (non-hydrogen) atoms. The Morgan fingerprint density at radius 2 is 1.38 bits per heavy atom. The molecule has 2 rings (SSSR count). The molecule has 8 nitrogen and oxygen atoms in total. The van der Waals surface area contributed by atoms with Gasteiger partial charge < -0.3 is 20.4 Å². The summed E-state index contributed by atoms with van der Waals surface area (Å²) in [5.74, 6) is -4.53. The SMILES string of the molecule is C=CCC1(CC=C)CCCCC1(C(=O)O)C(=O)O.C[C@H]1C[C@@H](C(=O)O)CCC1(C)C(=O)O. The Morgan fingerprint density at radius 3 is 1.75 bits per heavy atom. The van der Waals surface area contributed by atoms with E-state index in [1.54, 1.807) is 19.1 Å². The Hall–Kier alpha value is -2.64. The van der Waals surface area contributed by atoms with E-state index in [0.717, 1.165) is 6.42 Å². The average Bonchev–Trinajstić information content (AvgIpc) is 2.70. The van der Waals surface area contributed by atoms with Crippen LogP contribution in [0, 0.1) is 28.1 Å². The van der Waals surface area contributed by atoms with Gasteiger partial charge in [0.05, 0.1) is 11.3 Å². The third-order valence-electron chi connectivity index (χ3n) is 7.74. The fourth-order valence-electron chi connectivity index (χ4n) is 5.35. The van der Waals surface area contributed by atoms with Crippen molar-refractivity contribution in [2.75, 3.05) is 0 Å². The van der Waals surface area contributed by atoms with Gasteiger partial charge in [0.1, 0.15) is 0 Å². The van der Waals surface area contributed by atoms with Gasteiger partial charge in [-0.25, -0.2) is 0 Å². The van der Waals surface area contributed by atoms with Gasteiger partial charge >= 0.3 is 23.9 Å². The third kappa shape index (κ3) is 5.05. The van der Waals surface area contributed by atoms with E-state index in [9.17, 15) is 29.4 Å². The lowest BCUT2D eigenvalue weighted by molar-refractivity contribution is -0.181. The van der Waals surface area contributed by atoms with Crippen LogP contribution in [0.5, 0.6) is 0 Å². The standard InChI is InChI=1S/C14H20O4.C10H16O4/c1-3-7-13(8-4-2)9-5-6-10-14(13,11(15)16)12(17)18;1-6-5-7(8(11)12)3-4-10(6,2)9(13)14/h3-4H,1-2,5-10H2,(H,15,16)(H,17,18);6-7H,3-5H2,1-2H3,(H,11,12)(H,13,14)/t;6-,7-,10?/m.0/s1. The van der Waals surface area contributed by atoms with E-state index in [0.29, 0.717) is 44.9 Å². The van der Waals surface area contributed by atoms with Crippen molar-refractivity contribution >= 4 is 23.9 Å². The first-order chi connectivity index (χ1) is 14.8. The molecule has 0 bridgehead atoms. The second-order valence-corrected chi connectivity index (χ2v) is 9.42. The number of carbonyl (C=O) groups is 4. The lowest BCUT2D eigenvalue weighted by Crippen LogP contribution is -2.55. The van der Waals surface area contributed by atoms with Crippen molar-refractivity contribution in [1.82, 2.24) is 0 Å². The van der Waals surface area contributed by atoms with Gasteiger partial charge in [-0.3, -0.25) is 19.2 Å². The van der Waals surface area contributed by atoms with Gasteiger partial charge in [0.2, 0.25) is 0 Å². The molecule has 1 unspecified atom stereocenters. The minimum atomic E-state index is -1.71. The molecular formula is C24H36O8. The number of allylic oxidation sites excluding steroid dienone is 2. The second-order valence-electron chi connectivity index (χ2n) is 9.42. The van der Waals surface area contributed by atoms with E-state index < -0.39 is 40.1 Å². The highest BCUT2D eigenvalue weighted by atomic mass is 16.4. The van der Waals surface area contributed by atoms with Gasteiger partial charge in [0.15, 0.2) is 5.41 Å². The Kier molecular flexibility index (Phi) is 9.24. The van der Waals surface area contributed by atoms with E-state index in [2.05, 4.69) is 13.2 Å². The summed E-state index contributed by atoms with van der Waals surface area (Å²) in [6.45, 7) is 10.8. The van der Waals surface area contributed by atoms with Crippen molar-refractivity contribution in [3.63, 3.8) is 0 Å². The van der Waals surface area contributed by atoms with Crippen molar-refractivity contribution in [3.05, 3.63) is 25.3 Å². The molecule has 0 aromatic rings. The fraction of sp³-hybridized carbons (Fsp3) is 0.667. The highest BCUT2D eigenvalue weighted by Gasteiger charge is 2.61. The summed E-state index contributed by atoms with van der Waals surface area (Å²) in [6, 6.07) is 0. The van der Waals surface area contributed by atoms with Gasteiger partial charge in [0.25, 0.3) is 0 Å². The van der Waals surface area contributed by atoms with Crippen molar-refractivity contribution in [1.29, 1.82) is 0 Å². The van der Waals surface area contributed by atoms with E-state index in [1.165, 1.54) is 0 Å². The first-order valence-electron chi connectivity index (χ1n) is 11.0. The summed E-state index contributed by atoms with van der Waals surface area (Å²) in [5, 5.41) is 36.9. The maximum absolute atomic E-state index is 11.6. The molecule has 3 atom stereocenters. The molecule has 2 saturated carbocycles. The zero-order valence-corrected chi connectivity index (χ0v) is 19.0. The minimum Gasteiger partial charge on any atom is -0.481 e. The van der Waals surface area contributed by atoms with Crippen LogP contribution >= 0.6 is 0 Å². The summed E-state index contributed by atoms with van der Waals surface area (Å²) >= 11 is 0. The largest absolute Gasteiger partial charge is 0.481 e. The topological polar surface area (TPSA) is 149 Å². The van der Waals surface area contributed by atoms with Gasteiger partial charge in [-0.2, -0.15) is 0 Å². The summed E-state index contributed by atoms with van der Waals surface area (Å²) in [7, 11) is 0. The van der Waals surface area contributed by atoms with Crippen molar-refractivity contribution in [3.8, 4) is 0 Å². The van der Waals surface area contributed by atoms with E-state index in [-0.39, 0.29) is 18.3 Å². The number of aliphatic carboxylic acids is 4. The number of carboxylic acids is 4. The van der Waals surface area contributed by atoms with Gasteiger partial charge in [-0.15, -0.1) is 13.2 Å². The first-order valence-corrected chi connectivity index (χ1v) is 11.0. The van der Waals surface area contributed by atoms with Gasteiger partial charge in [-0.1, -0.05) is 31.9 Å². The molecule has 0 spiro atoms. The molecule has 0 aromatic carbocycles. The monoisotopic (exact) mass is 452 g/mol. The molecule has 2 aliphatic rings. The number of hydrogen-bond acceptors (Lipinski definition) is 4. The molecule has 0 saturated heterocycles. The quantitative estimate of drug-likeness (QED) is 0.312. The Bertz CT molecular complexity index is 731. The Morgan fingerprint density at radius 1 is 0.875 bits per heavy atom. The van der Waals surface area contributed by atoms with Crippen LogP contribution < -0.4 is 0 Å². The average molecular weight is 453 g/mol. The van der Waals surface area contributed by atoms with Crippen LogP contribution in [0.2, 0.25) is 0 Å². The third-order valence-corrected chi connectivity index (χ3v) is 7.74. The zero-order valence-electron chi connectivity index (χ0n) is 19.0. The molecule has 180 valence electrons. The maximum atomic E-state index is 11.6. The summed E-state index contributed by atoms with van der Waals surface area (Å²) in [6.07, 6.45) is 7.67. The minimum absolute atomic E-state index is 0.0742. The Labute approximate surface area is 189 Å². The lowest BCUT2D eigenvalue weighted by atomic mass is 9.53. The van der Waals surface area contributed by atoms with Crippen LogP contribution in [0.25, 0.3) is 0 Å². The summed E-state index contributed by atoms with van der Waals surface area (Å²) in [4.78, 5) is 45.0. The predicted octanol–water partition coefficient (Wildman–Crippen LogP) is 4.45. The van der Waals surface area contributed by atoms with Crippen molar-refractivity contribution < 1.29 is 39.6 Å². The zero-order chi connectivity index (χ0) is 24.7. The first kappa shape index (κ1) is 27.4. The van der Waals surface area contributed by atoms with Crippen LogP contribution in [-0.4, -0.2) is 44.3 Å². The number of rotatable bonds is 8. The Balaban J connectivity index is 0.000000330. The van der Waals surface area contributed by atoms with Gasteiger partial charge in [-0.05, 0) is 57.8 Å². The van der Waals surface area contributed by atoms with Crippen LogP contribution in [0.4, 0.5) is 0 Å². The van der Waals surface area contributed by atoms with Crippen LogP contribution in [0.3, 0.4) is 0 Å². The molecule has 2 fully saturated rings. The molecule has 8 heteroatoms.